The lowest BCUT2D eigenvalue weighted by Gasteiger charge is -2.31. The van der Waals surface area contributed by atoms with Gasteiger partial charge in [-0.05, 0) is 25.9 Å². The van der Waals surface area contributed by atoms with Gasteiger partial charge in [-0.3, -0.25) is 4.90 Å². The summed E-state index contributed by atoms with van der Waals surface area (Å²) in [6.45, 7) is 6.96. The maximum Gasteiger partial charge on any atom is 0.0493 e. The van der Waals surface area contributed by atoms with Crippen LogP contribution in [0.5, 0.6) is 0 Å². The van der Waals surface area contributed by atoms with Crippen molar-refractivity contribution in [3.8, 4) is 0 Å². The molecule has 2 heteroatoms. The fraction of sp³-hybridized carbons (Fsp3) is 0.818. The van der Waals surface area contributed by atoms with E-state index in [1.54, 1.807) is 0 Å². The summed E-state index contributed by atoms with van der Waals surface area (Å²) in [4.78, 5) is 2.46. The molecule has 2 unspecified atom stereocenters. The average Bonchev–Trinajstić information content (AvgIpc) is 2.21. The van der Waals surface area contributed by atoms with Gasteiger partial charge in [-0.25, -0.2) is 0 Å². The largest absolute Gasteiger partial charge is 0.396 e. The predicted molar refractivity (Wildman–Crippen MR) is 55.7 cm³/mol. The first kappa shape index (κ1) is 10.7. The van der Waals surface area contributed by atoms with Gasteiger partial charge >= 0.3 is 0 Å². The van der Waals surface area contributed by atoms with Crippen molar-refractivity contribution in [3.05, 3.63) is 12.2 Å². The van der Waals surface area contributed by atoms with E-state index in [-0.39, 0.29) is 0 Å². The predicted octanol–water partition coefficient (Wildman–Crippen LogP) is 1.66. The van der Waals surface area contributed by atoms with Gasteiger partial charge < -0.3 is 5.11 Å². The van der Waals surface area contributed by atoms with Crippen LogP contribution in [0.1, 0.15) is 26.7 Å². The third kappa shape index (κ3) is 2.82. The zero-order valence-electron chi connectivity index (χ0n) is 8.74. The van der Waals surface area contributed by atoms with Crippen LogP contribution >= 0.6 is 0 Å². The second kappa shape index (κ2) is 5.40. The first-order valence-electron chi connectivity index (χ1n) is 5.35. The van der Waals surface area contributed by atoms with Crippen molar-refractivity contribution in [1.29, 1.82) is 0 Å². The first-order chi connectivity index (χ1) is 6.31. The molecule has 1 aliphatic rings. The van der Waals surface area contributed by atoms with E-state index in [1.165, 1.54) is 6.42 Å². The van der Waals surface area contributed by atoms with Crippen molar-refractivity contribution in [1.82, 2.24) is 4.90 Å². The third-order valence-corrected chi connectivity index (χ3v) is 2.95. The lowest BCUT2D eigenvalue weighted by Crippen LogP contribution is -2.35. The smallest absolute Gasteiger partial charge is 0.0493 e. The van der Waals surface area contributed by atoms with Gasteiger partial charge in [-0.1, -0.05) is 26.0 Å². The molecule has 2 nitrogen and oxygen atoms in total. The van der Waals surface area contributed by atoms with Gasteiger partial charge in [0.25, 0.3) is 0 Å². The maximum atomic E-state index is 8.97. The molecule has 76 valence electrons. The number of aliphatic hydroxyl groups is 1. The van der Waals surface area contributed by atoms with Crippen molar-refractivity contribution in [3.63, 3.8) is 0 Å². The number of nitrogens with zero attached hydrogens (tertiary/aromatic N) is 1. The standard InChI is InChI=1S/C11H21NO/c1-3-12(4-2)11-7-5-10(9-13)6-8-11/h5,7,10-11,13H,3-4,6,8-9H2,1-2H3. The fourth-order valence-corrected chi connectivity index (χ4v) is 2.01. The summed E-state index contributed by atoms with van der Waals surface area (Å²) in [7, 11) is 0. The van der Waals surface area contributed by atoms with E-state index in [1.807, 2.05) is 0 Å². The normalized spacial score (nSPS) is 28.3. The number of hydrogen-bond donors (Lipinski definition) is 1. The van der Waals surface area contributed by atoms with Crippen LogP contribution < -0.4 is 0 Å². The van der Waals surface area contributed by atoms with Crippen LogP contribution in [0.15, 0.2) is 12.2 Å². The molecular formula is C11H21NO. The fourth-order valence-electron chi connectivity index (χ4n) is 2.01. The average molecular weight is 183 g/mol. The molecule has 1 N–H and O–H groups in total. The Morgan fingerprint density at radius 1 is 1.23 bits per heavy atom. The Balaban J connectivity index is 2.46. The zero-order valence-corrected chi connectivity index (χ0v) is 8.74. The summed E-state index contributed by atoms with van der Waals surface area (Å²) in [5.74, 6) is 0.409. The Hall–Kier alpha value is -0.340. The highest BCUT2D eigenvalue weighted by molar-refractivity contribution is 5.02. The molecule has 0 spiro atoms. The van der Waals surface area contributed by atoms with Crippen molar-refractivity contribution < 1.29 is 5.11 Å². The van der Waals surface area contributed by atoms with Crippen molar-refractivity contribution >= 4 is 0 Å². The number of rotatable bonds is 4. The van der Waals surface area contributed by atoms with Gasteiger partial charge in [-0.15, -0.1) is 0 Å². The Bertz CT molecular complexity index is 163. The second-order valence-electron chi connectivity index (χ2n) is 3.69. The Labute approximate surface area is 81.2 Å². The third-order valence-electron chi connectivity index (χ3n) is 2.95. The monoisotopic (exact) mass is 183 g/mol. The van der Waals surface area contributed by atoms with Crippen LogP contribution in [0, 0.1) is 5.92 Å². The van der Waals surface area contributed by atoms with Crippen LogP contribution in [0.3, 0.4) is 0 Å². The van der Waals surface area contributed by atoms with Gasteiger partial charge in [0.2, 0.25) is 0 Å². The Morgan fingerprint density at radius 3 is 2.31 bits per heavy atom. The van der Waals surface area contributed by atoms with E-state index >= 15 is 0 Å². The Morgan fingerprint density at radius 2 is 1.92 bits per heavy atom. The molecule has 0 saturated heterocycles. The minimum absolute atomic E-state index is 0.307. The zero-order chi connectivity index (χ0) is 9.68. The van der Waals surface area contributed by atoms with Gasteiger partial charge in [-0.2, -0.15) is 0 Å². The molecule has 0 heterocycles. The summed E-state index contributed by atoms with van der Waals surface area (Å²) in [5.41, 5.74) is 0. The van der Waals surface area contributed by atoms with Gasteiger partial charge in [0.1, 0.15) is 0 Å². The first-order valence-corrected chi connectivity index (χ1v) is 5.35. The van der Waals surface area contributed by atoms with Gasteiger partial charge in [0.15, 0.2) is 0 Å². The highest BCUT2D eigenvalue weighted by Gasteiger charge is 2.18. The summed E-state index contributed by atoms with van der Waals surface area (Å²) < 4.78 is 0. The molecule has 0 aromatic carbocycles. The minimum atomic E-state index is 0.307. The topological polar surface area (TPSA) is 23.5 Å². The summed E-state index contributed by atoms with van der Waals surface area (Å²) >= 11 is 0. The highest BCUT2D eigenvalue weighted by Crippen LogP contribution is 2.20. The maximum absolute atomic E-state index is 8.97. The molecule has 0 aromatic rings. The molecule has 13 heavy (non-hydrogen) atoms. The lowest BCUT2D eigenvalue weighted by molar-refractivity contribution is 0.198. The quantitative estimate of drug-likeness (QED) is 0.670. The van der Waals surface area contributed by atoms with Crippen LogP contribution in [0.25, 0.3) is 0 Å². The van der Waals surface area contributed by atoms with Crippen LogP contribution in [-0.4, -0.2) is 35.7 Å². The second-order valence-corrected chi connectivity index (χ2v) is 3.69. The van der Waals surface area contributed by atoms with Gasteiger partial charge in [0.05, 0.1) is 0 Å². The molecule has 0 fully saturated rings. The molecule has 0 amide bonds. The molecule has 0 aliphatic heterocycles. The SMILES string of the molecule is CCN(CC)C1C=CC(CO)CC1. The van der Waals surface area contributed by atoms with Crippen molar-refractivity contribution in [2.24, 2.45) is 5.92 Å². The molecule has 0 radical (unpaired) electrons. The molecule has 1 rings (SSSR count). The number of hydrogen-bond acceptors (Lipinski definition) is 2. The van der Waals surface area contributed by atoms with Crippen LogP contribution in [0.2, 0.25) is 0 Å². The van der Waals surface area contributed by atoms with E-state index in [4.69, 9.17) is 5.11 Å². The van der Waals surface area contributed by atoms with E-state index in [0.29, 0.717) is 18.6 Å². The molecule has 0 bridgehead atoms. The van der Waals surface area contributed by atoms with Crippen molar-refractivity contribution in [2.45, 2.75) is 32.7 Å². The van der Waals surface area contributed by atoms with Gasteiger partial charge in [0, 0.05) is 18.6 Å². The summed E-state index contributed by atoms with van der Waals surface area (Å²) in [5, 5.41) is 8.97. The lowest BCUT2D eigenvalue weighted by atomic mass is 9.92. The molecule has 0 saturated carbocycles. The van der Waals surface area contributed by atoms with E-state index in [0.717, 1.165) is 19.5 Å². The van der Waals surface area contributed by atoms with E-state index in [9.17, 15) is 0 Å². The Kier molecular flexibility index (Phi) is 4.46. The minimum Gasteiger partial charge on any atom is -0.396 e. The van der Waals surface area contributed by atoms with Crippen molar-refractivity contribution in [2.75, 3.05) is 19.7 Å². The number of aliphatic hydroxyl groups excluding tert-OH is 1. The summed E-state index contributed by atoms with van der Waals surface area (Å²) in [6.07, 6.45) is 6.77. The van der Waals surface area contributed by atoms with E-state index in [2.05, 4.69) is 30.9 Å². The molecule has 1 aliphatic carbocycles. The van der Waals surface area contributed by atoms with Crippen LogP contribution in [-0.2, 0) is 0 Å². The van der Waals surface area contributed by atoms with E-state index < -0.39 is 0 Å². The number of likely N-dealkylation sites (N-methyl/N-ethyl adjacent to an activating group) is 1. The molecule has 0 aromatic heterocycles. The van der Waals surface area contributed by atoms with Crippen LogP contribution in [0.4, 0.5) is 0 Å². The molecule has 2 atom stereocenters. The highest BCUT2D eigenvalue weighted by atomic mass is 16.3. The molecular weight excluding hydrogens is 162 g/mol. The summed E-state index contributed by atoms with van der Waals surface area (Å²) in [6, 6.07) is 0.609.